The van der Waals surface area contributed by atoms with E-state index in [4.69, 9.17) is 0 Å². The molecule has 1 aliphatic carbocycles. The molecule has 3 rings (SSSR count). The Bertz CT molecular complexity index is 256. The van der Waals surface area contributed by atoms with Crippen LogP contribution < -0.4 is 5.32 Å². The van der Waals surface area contributed by atoms with E-state index < -0.39 is 0 Å². The van der Waals surface area contributed by atoms with Crippen molar-refractivity contribution in [1.29, 1.82) is 0 Å². The molecule has 2 aliphatic heterocycles. The Kier molecular flexibility index (Phi) is 4.81. The molecule has 110 valence electrons. The highest BCUT2D eigenvalue weighted by Crippen LogP contribution is 2.40. The van der Waals surface area contributed by atoms with Crippen LogP contribution in [0.5, 0.6) is 0 Å². The first-order chi connectivity index (χ1) is 9.38. The standard InChI is InChI=1S/C17H32N2/c1-2-11-18-14-12-16-9-10-17(13-14)19(16)15-7-5-3-4-6-8-15/h14-18H,2-13H2,1H3. The first-order valence-electron chi connectivity index (χ1n) is 8.89. The second-order valence-corrected chi connectivity index (χ2v) is 7.10. The highest BCUT2D eigenvalue weighted by Gasteiger charge is 2.43. The average molecular weight is 264 g/mol. The van der Waals surface area contributed by atoms with Gasteiger partial charge in [-0.1, -0.05) is 32.6 Å². The van der Waals surface area contributed by atoms with Crippen molar-refractivity contribution in [3.8, 4) is 0 Å². The molecule has 2 saturated heterocycles. The maximum atomic E-state index is 3.78. The second-order valence-electron chi connectivity index (χ2n) is 7.10. The van der Waals surface area contributed by atoms with E-state index in [-0.39, 0.29) is 0 Å². The van der Waals surface area contributed by atoms with E-state index in [1.807, 2.05) is 0 Å². The second kappa shape index (κ2) is 6.58. The van der Waals surface area contributed by atoms with Gasteiger partial charge in [-0.25, -0.2) is 0 Å². The monoisotopic (exact) mass is 264 g/mol. The van der Waals surface area contributed by atoms with Crippen LogP contribution in [0.2, 0.25) is 0 Å². The maximum Gasteiger partial charge on any atom is 0.0116 e. The molecular weight excluding hydrogens is 232 g/mol. The fourth-order valence-corrected chi connectivity index (χ4v) is 4.88. The first kappa shape index (κ1) is 13.9. The Morgan fingerprint density at radius 2 is 1.47 bits per heavy atom. The molecule has 0 aromatic carbocycles. The number of hydrogen-bond donors (Lipinski definition) is 1. The summed E-state index contributed by atoms with van der Waals surface area (Å²) in [5, 5.41) is 3.78. The Hall–Kier alpha value is -0.0800. The van der Waals surface area contributed by atoms with E-state index >= 15 is 0 Å². The van der Waals surface area contributed by atoms with Crippen LogP contribution in [-0.2, 0) is 0 Å². The van der Waals surface area contributed by atoms with Crippen molar-refractivity contribution < 1.29 is 0 Å². The number of nitrogens with zero attached hydrogens (tertiary/aromatic N) is 1. The highest BCUT2D eigenvalue weighted by molar-refractivity contribution is 5.00. The van der Waals surface area contributed by atoms with E-state index in [0.717, 1.165) is 24.2 Å². The van der Waals surface area contributed by atoms with E-state index in [0.29, 0.717) is 0 Å². The van der Waals surface area contributed by atoms with Crippen molar-refractivity contribution in [1.82, 2.24) is 10.2 Å². The fourth-order valence-electron chi connectivity index (χ4n) is 4.88. The maximum absolute atomic E-state index is 3.78. The summed E-state index contributed by atoms with van der Waals surface area (Å²) in [6.07, 6.45) is 16.0. The molecule has 3 fully saturated rings. The van der Waals surface area contributed by atoms with Gasteiger partial charge < -0.3 is 5.32 Å². The largest absolute Gasteiger partial charge is 0.314 e. The summed E-state index contributed by atoms with van der Waals surface area (Å²) in [4.78, 5) is 2.98. The Morgan fingerprint density at radius 1 is 0.842 bits per heavy atom. The van der Waals surface area contributed by atoms with Gasteiger partial charge in [-0.05, 0) is 51.5 Å². The molecule has 0 aromatic rings. The van der Waals surface area contributed by atoms with Crippen LogP contribution in [0, 0.1) is 0 Å². The fraction of sp³-hybridized carbons (Fsp3) is 1.00. The molecule has 0 amide bonds. The van der Waals surface area contributed by atoms with Gasteiger partial charge in [-0.15, -0.1) is 0 Å². The zero-order chi connectivity index (χ0) is 13.1. The van der Waals surface area contributed by atoms with Crippen LogP contribution in [0.25, 0.3) is 0 Å². The lowest BCUT2D eigenvalue weighted by molar-refractivity contribution is 0.0622. The van der Waals surface area contributed by atoms with Crippen molar-refractivity contribution in [3.05, 3.63) is 0 Å². The van der Waals surface area contributed by atoms with Gasteiger partial charge in [0.1, 0.15) is 0 Å². The number of nitrogens with one attached hydrogen (secondary N) is 1. The van der Waals surface area contributed by atoms with Crippen LogP contribution in [-0.4, -0.2) is 35.6 Å². The normalized spacial score (nSPS) is 37.4. The Labute approximate surface area is 119 Å². The molecule has 1 N–H and O–H groups in total. The summed E-state index contributed by atoms with van der Waals surface area (Å²) >= 11 is 0. The van der Waals surface area contributed by atoms with Crippen LogP contribution in [0.1, 0.15) is 77.6 Å². The van der Waals surface area contributed by atoms with Crippen molar-refractivity contribution in [2.24, 2.45) is 0 Å². The third-order valence-corrected chi connectivity index (χ3v) is 5.72. The van der Waals surface area contributed by atoms with Crippen LogP contribution >= 0.6 is 0 Å². The quantitative estimate of drug-likeness (QED) is 0.779. The summed E-state index contributed by atoms with van der Waals surface area (Å²) in [5.74, 6) is 0. The summed E-state index contributed by atoms with van der Waals surface area (Å²) in [7, 11) is 0. The highest BCUT2D eigenvalue weighted by atomic mass is 15.3. The molecule has 2 heterocycles. The molecule has 1 saturated carbocycles. The van der Waals surface area contributed by atoms with Gasteiger partial charge in [0.15, 0.2) is 0 Å². The molecule has 0 aromatic heterocycles. The minimum atomic E-state index is 0.819. The van der Waals surface area contributed by atoms with E-state index in [1.165, 1.54) is 77.2 Å². The topological polar surface area (TPSA) is 15.3 Å². The van der Waals surface area contributed by atoms with Gasteiger partial charge in [-0.3, -0.25) is 4.90 Å². The molecule has 2 heteroatoms. The minimum Gasteiger partial charge on any atom is -0.314 e. The summed E-state index contributed by atoms with van der Waals surface area (Å²) in [6.45, 7) is 3.50. The molecule has 2 unspecified atom stereocenters. The predicted molar refractivity (Wildman–Crippen MR) is 81.5 cm³/mol. The zero-order valence-corrected chi connectivity index (χ0v) is 12.7. The van der Waals surface area contributed by atoms with Gasteiger partial charge in [-0.2, -0.15) is 0 Å². The van der Waals surface area contributed by atoms with Gasteiger partial charge in [0.05, 0.1) is 0 Å². The van der Waals surface area contributed by atoms with Crippen LogP contribution in [0.4, 0.5) is 0 Å². The number of hydrogen-bond acceptors (Lipinski definition) is 2. The third-order valence-electron chi connectivity index (χ3n) is 5.72. The van der Waals surface area contributed by atoms with Gasteiger partial charge in [0.25, 0.3) is 0 Å². The van der Waals surface area contributed by atoms with Gasteiger partial charge in [0, 0.05) is 24.2 Å². The molecule has 2 atom stereocenters. The Balaban J connectivity index is 1.59. The summed E-state index contributed by atoms with van der Waals surface area (Å²) < 4.78 is 0. The average Bonchev–Trinajstić information content (AvgIpc) is 2.66. The van der Waals surface area contributed by atoms with Crippen molar-refractivity contribution in [3.63, 3.8) is 0 Å². The lowest BCUT2D eigenvalue weighted by atomic mass is 9.93. The van der Waals surface area contributed by atoms with Crippen molar-refractivity contribution in [2.75, 3.05) is 6.54 Å². The van der Waals surface area contributed by atoms with Gasteiger partial charge in [0.2, 0.25) is 0 Å². The molecule has 2 bridgehead atoms. The third kappa shape index (κ3) is 3.16. The molecular formula is C17H32N2. The lowest BCUT2D eigenvalue weighted by Gasteiger charge is -2.44. The van der Waals surface area contributed by atoms with Crippen LogP contribution in [0.3, 0.4) is 0 Å². The Morgan fingerprint density at radius 3 is 2.05 bits per heavy atom. The molecule has 19 heavy (non-hydrogen) atoms. The molecule has 0 spiro atoms. The zero-order valence-electron chi connectivity index (χ0n) is 12.7. The summed E-state index contributed by atoms with van der Waals surface area (Å²) in [5.41, 5.74) is 0. The van der Waals surface area contributed by atoms with E-state index in [2.05, 4.69) is 17.1 Å². The van der Waals surface area contributed by atoms with Crippen molar-refractivity contribution in [2.45, 2.75) is 102 Å². The molecule has 0 radical (unpaired) electrons. The number of fused-ring (bicyclic) bond motifs is 2. The SMILES string of the molecule is CCCNC1CC2CCC(C1)N2C1CCCCCC1. The smallest absolute Gasteiger partial charge is 0.0116 e. The lowest BCUT2D eigenvalue weighted by Crippen LogP contribution is -2.53. The predicted octanol–water partition coefficient (Wildman–Crippen LogP) is 3.70. The van der Waals surface area contributed by atoms with E-state index in [9.17, 15) is 0 Å². The minimum absolute atomic E-state index is 0.819. The van der Waals surface area contributed by atoms with Crippen molar-refractivity contribution >= 4 is 0 Å². The first-order valence-corrected chi connectivity index (χ1v) is 8.89. The molecule has 2 nitrogen and oxygen atoms in total. The molecule has 3 aliphatic rings. The van der Waals surface area contributed by atoms with Crippen LogP contribution in [0.15, 0.2) is 0 Å². The summed E-state index contributed by atoms with van der Waals surface area (Å²) in [6, 6.07) is 3.58. The number of rotatable bonds is 4. The van der Waals surface area contributed by atoms with E-state index in [1.54, 1.807) is 0 Å². The van der Waals surface area contributed by atoms with Gasteiger partial charge >= 0.3 is 0 Å². The number of piperidine rings is 1.